The number of carboxylic acid groups (broad SMARTS) is 1. The van der Waals surface area contributed by atoms with E-state index in [1.807, 2.05) is 0 Å². The summed E-state index contributed by atoms with van der Waals surface area (Å²) in [6.45, 7) is 4.82. The van der Waals surface area contributed by atoms with Crippen LogP contribution in [0.1, 0.15) is 174 Å². The molecule has 0 aliphatic rings. The molecule has 0 unspecified atom stereocenters. The number of carboxylic acids is 1. The van der Waals surface area contributed by atoms with Gasteiger partial charge in [0.1, 0.15) is 6.10 Å². The first kappa shape index (κ1) is 45.1. The van der Waals surface area contributed by atoms with E-state index in [1.165, 1.54) is 44.9 Å². The Morgan fingerprint density at radius 3 is 1.65 bits per heavy atom. The van der Waals surface area contributed by atoms with E-state index in [0.29, 0.717) is 13.0 Å². The minimum atomic E-state index is -0.979. The molecule has 0 radical (unpaired) electrons. The van der Waals surface area contributed by atoms with Crippen LogP contribution in [0.25, 0.3) is 0 Å². The van der Waals surface area contributed by atoms with Gasteiger partial charge in [-0.1, -0.05) is 132 Å². The molecule has 6 heteroatoms. The molecule has 0 aromatic heterocycles. The number of esters is 2. The molecule has 0 rings (SSSR count). The second-order valence-electron chi connectivity index (χ2n) is 12.7. The SMILES string of the molecule is CCCCC/C=C\C/C=C\C/C=C\C/C=C\CCCC(=O)O[C@@H](C/C=C\CCCCCCCCOC(=O)CCC(=O)O)CCCCCC. The zero-order valence-corrected chi connectivity index (χ0v) is 30.7. The van der Waals surface area contributed by atoms with Gasteiger partial charge in [-0.05, 0) is 77.0 Å². The number of unbranched alkanes of at least 4 members (excludes halogenated alkanes) is 13. The first-order chi connectivity index (χ1) is 23.5. The van der Waals surface area contributed by atoms with E-state index in [4.69, 9.17) is 14.6 Å². The lowest BCUT2D eigenvalue weighted by Crippen LogP contribution is -2.17. The number of ether oxygens (including phenoxy) is 2. The van der Waals surface area contributed by atoms with E-state index < -0.39 is 11.9 Å². The smallest absolute Gasteiger partial charge is 0.306 e. The molecule has 0 fully saturated rings. The highest BCUT2D eigenvalue weighted by molar-refractivity contribution is 5.76. The van der Waals surface area contributed by atoms with Crippen LogP contribution in [0.5, 0.6) is 0 Å². The normalized spacial score (nSPS) is 12.7. The van der Waals surface area contributed by atoms with Gasteiger partial charge in [-0.25, -0.2) is 0 Å². The van der Waals surface area contributed by atoms with Crippen LogP contribution in [-0.4, -0.2) is 35.7 Å². The van der Waals surface area contributed by atoms with E-state index in [0.717, 1.165) is 96.3 Å². The van der Waals surface area contributed by atoms with Gasteiger partial charge in [-0.15, -0.1) is 0 Å². The predicted octanol–water partition coefficient (Wildman–Crippen LogP) is 12.1. The van der Waals surface area contributed by atoms with E-state index in [1.54, 1.807) is 0 Å². The largest absolute Gasteiger partial charge is 0.481 e. The third-order valence-electron chi connectivity index (χ3n) is 8.02. The van der Waals surface area contributed by atoms with Crippen LogP contribution in [0, 0.1) is 0 Å². The van der Waals surface area contributed by atoms with Crippen molar-refractivity contribution in [3.05, 3.63) is 60.8 Å². The Hall–Kier alpha value is -2.89. The number of rotatable bonds is 34. The summed E-state index contributed by atoms with van der Waals surface area (Å²) in [6.07, 6.45) is 46.0. The minimum Gasteiger partial charge on any atom is -0.481 e. The van der Waals surface area contributed by atoms with Crippen LogP contribution >= 0.6 is 0 Å². The Bertz CT molecular complexity index is 913. The molecule has 0 aromatic rings. The molecule has 0 saturated carbocycles. The average Bonchev–Trinajstić information content (AvgIpc) is 3.07. The standard InChI is InChI=1S/C42H70O6/c1-3-5-7-9-10-11-12-13-14-15-16-17-18-21-24-27-31-35-42(46)48-39(33-29-8-6-4-2)34-30-26-23-20-19-22-25-28-32-38-47-41(45)37-36-40(43)44/h10-11,13-14,16-17,21,24,26,30,39H,3-9,12,15,18-20,22-23,25,27-29,31-38H2,1-2H3,(H,43,44)/b11-10-,14-13-,17-16-,24-21-,30-26-/t39-/m1/s1. The summed E-state index contributed by atoms with van der Waals surface area (Å²) in [7, 11) is 0. The molecule has 48 heavy (non-hydrogen) atoms. The molecule has 0 aliphatic carbocycles. The van der Waals surface area contributed by atoms with Crippen LogP contribution < -0.4 is 0 Å². The predicted molar refractivity (Wildman–Crippen MR) is 201 cm³/mol. The van der Waals surface area contributed by atoms with Gasteiger partial charge in [0, 0.05) is 12.8 Å². The van der Waals surface area contributed by atoms with Crippen LogP contribution in [0.4, 0.5) is 0 Å². The highest BCUT2D eigenvalue weighted by Crippen LogP contribution is 2.15. The van der Waals surface area contributed by atoms with E-state index in [2.05, 4.69) is 74.6 Å². The van der Waals surface area contributed by atoms with E-state index in [9.17, 15) is 14.4 Å². The van der Waals surface area contributed by atoms with Gasteiger partial charge in [0.05, 0.1) is 19.4 Å². The van der Waals surface area contributed by atoms with Crippen molar-refractivity contribution < 1.29 is 29.0 Å². The zero-order chi connectivity index (χ0) is 35.2. The van der Waals surface area contributed by atoms with Gasteiger partial charge in [0.25, 0.3) is 0 Å². The highest BCUT2D eigenvalue weighted by atomic mass is 16.5. The van der Waals surface area contributed by atoms with Crippen molar-refractivity contribution in [2.24, 2.45) is 0 Å². The lowest BCUT2D eigenvalue weighted by molar-refractivity contribution is -0.149. The Kier molecular flexibility index (Phi) is 34.7. The fourth-order valence-electron chi connectivity index (χ4n) is 5.10. The molecular weight excluding hydrogens is 600 g/mol. The lowest BCUT2D eigenvalue weighted by atomic mass is 10.1. The van der Waals surface area contributed by atoms with Gasteiger partial charge in [-0.2, -0.15) is 0 Å². The molecule has 0 aliphatic heterocycles. The minimum absolute atomic E-state index is 0.0274. The summed E-state index contributed by atoms with van der Waals surface area (Å²) in [5.74, 6) is -1.48. The number of hydrogen-bond donors (Lipinski definition) is 1. The molecule has 0 aromatic carbocycles. The first-order valence-electron chi connectivity index (χ1n) is 19.3. The van der Waals surface area contributed by atoms with Crippen molar-refractivity contribution in [2.75, 3.05) is 6.61 Å². The monoisotopic (exact) mass is 671 g/mol. The summed E-state index contributed by atoms with van der Waals surface area (Å²) >= 11 is 0. The summed E-state index contributed by atoms with van der Waals surface area (Å²) < 4.78 is 11.0. The molecule has 0 amide bonds. The maximum atomic E-state index is 12.6. The molecule has 0 bridgehead atoms. The Morgan fingerprint density at radius 2 is 1.02 bits per heavy atom. The number of aliphatic carboxylic acids is 1. The maximum Gasteiger partial charge on any atom is 0.306 e. The van der Waals surface area contributed by atoms with Crippen LogP contribution in [0.2, 0.25) is 0 Å². The molecule has 0 saturated heterocycles. The Balaban J connectivity index is 4.03. The number of allylic oxidation sites excluding steroid dienone is 9. The average molecular weight is 671 g/mol. The van der Waals surface area contributed by atoms with Crippen molar-refractivity contribution in [1.82, 2.24) is 0 Å². The summed E-state index contributed by atoms with van der Waals surface area (Å²) in [6, 6.07) is 0. The summed E-state index contributed by atoms with van der Waals surface area (Å²) in [5, 5.41) is 8.59. The number of carbonyl (C=O) groups is 3. The third kappa shape index (κ3) is 36.0. The van der Waals surface area contributed by atoms with Crippen LogP contribution in [0.3, 0.4) is 0 Å². The van der Waals surface area contributed by atoms with Gasteiger partial charge in [0.2, 0.25) is 0 Å². The van der Waals surface area contributed by atoms with Crippen molar-refractivity contribution in [1.29, 1.82) is 0 Å². The number of hydrogen-bond acceptors (Lipinski definition) is 5. The van der Waals surface area contributed by atoms with E-state index >= 15 is 0 Å². The fourth-order valence-corrected chi connectivity index (χ4v) is 5.10. The van der Waals surface area contributed by atoms with Gasteiger partial charge in [0.15, 0.2) is 0 Å². The van der Waals surface area contributed by atoms with Crippen LogP contribution in [0.15, 0.2) is 60.8 Å². The highest BCUT2D eigenvalue weighted by Gasteiger charge is 2.13. The van der Waals surface area contributed by atoms with Gasteiger partial charge in [-0.3, -0.25) is 14.4 Å². The first-order valence-corrected chi connectivity index (χ1v) is 19.3. The molecule has 1 atom stereocenters. The van der Waals surface area contributed by atoms with Crippen LogP contribution in [-0.2, 0) is 23.9 Å². The molecule has 274 valence electrons. The molecular formula is C42H70O6. The number of carbonyl (C=O) groups excluding carboxylic acids is 2. The fraction of sp³-hybridized carbons (Fsp3) is 0.690. The maximum absolute atomic E-state index is 12.6. The molecule has 0 spiro atoms. The van der Waals surface area contributed by atoms with Crippen molar-refractivity contribution >= 4 is 17.9 Å². The van der Waals surface area contributed by atoms with Crippen molar-refractivity contribution in [3.8, 4) is 0 Å². The topological polar surface area (TPSA) is 89.9 Å². The molecule has 1 N–H and O–H groups in total. The van der Waals surface area contributed by atoms with Gasteiger partial charge < -0.3 is 14.6 Å². The summed E-state index contributed by atoms with van der Waals surface area (Å²) in [5.41, 5.74) is 0. The zero-order valence-electron chi connectivity index (χ0n) is 30.7. The lowest BCUT2D eigenvalue weighted by Gasteiger charge is -2.16. The van der Waals surface area contributed by atoms with Crippen molar-refractivity contribution in [2.45, 2.75) is 180 Å². The Labute approximate surface area is 294 Å². The quantitative estimate of drug-likeness (QED) is 0.0416. The Morgan fingerprint density at radius 1 is 0.521 bits per heavy atom. The second-order valence-corrected chi connectivity index (χ2v) is 12.7. The molecule has 0 heterocycles. The van der Waals surface area contributed by atoms with E-state index in [-0.39, 0.29) is 24.9 Å². The van der Waals surface area contributed by atoms with Crippen molar-refractivity contribution in [3.63, 3.8) is 0 Å². The third-order valence-corrected chi connectivity index (χ3v) is 8.02. The van der Waals surface area contributed by atoms with Gasteiger partial charge >= 0.3 is 17.9 Å². The molecule has 6 nitrogen and oxygen atoms in total. The second kappa shape index (κ2) is 36.9. The summed E-state index contributed by atoms with van der Waals surface area (Å²) in [4.78, 5) is 34.4.